The number of allylic oxidation sites excluding steroid dienone is 2. The number of carbonyl (C=O) groups is 1. The number of rotatable bonds is 1. The van der Waals surface area contributed by atoms with Gasteiger partial charge in [0, 0.05) is 19.2 Å². The van der Waals surface area contributed by atoms with Crippen molar-refractivity contribution in [3.63, 3.8) is 0 Å². The standard InChI is InChI=1S/C18H21NO/c1-19-13-16-11-7-3-6-10-15(16)12-17(18(19)20)14-8-4-2-5-9-14/h2,4-5,8-9,12H,3,6-7,10-11,13H2,1H3. The van der Waals surface area contributed by atoms with Crippen molar-refractivity contribution in [2.24, 2.45) is 0 Å². The van der Waals surface area contributed by atoms with Crippen LogP contribution >= 0.6 is 0 Å². The van der Waals surface area contributed by atoms with E-state index >= 15 is 0 Å². The third-order valence-electron chi connectivity index (χ3n) is 4.29. The molecule has 0 saturated carbocycles. The molecule has 0 spiro atoms. The fraction of sp³-hybridized carbons (Fsp3) is 0.389. The highest BCUT2D eigenvalue weighted by Crippen LogP contribution is 2.31. The van der Waals surface area contributed by atoms with Crippen molar-refractivity contribution >= 4 is 11.5 Å². The highest BCUT2D eigenvalue weighted by Gasteiger charge is 2.23. The molecule has 1 amide bonds. The lowest BCUT2D eigenvalue weighted by Crippen LogP contribution is -2.28. The largest absolute Gasteiger partial charge is 0.338 e. The van der Waals surface area contributed by atoms with Gasteiger partial charge in [0.05, 0.1) is 0 Å². The van der Waals surface area contributed by atoms with E-state index in [0.717, 1.165) is 30.5 Å². The van der Waals surface area contributed by atoms with E-state index in [4.69, 9.17) is 0 Å². The van der Waals surface area contributed by atoms with Gasteiger partial charge in [-0.05, 0) is 48.5 Å². The van der Waals surface area contributed by atoms with Gasteiger partial charge in [-0.3, -0.25) is 4.79 Å². The van der Waals surface area contributed by atoms with Gasteiger partial charge in [0.1, 0.15) is 0 Å². The summed E-state index contributed by atoms with van der Waals surface area (Å²) in [4.78, 5) is 14.5. The van der Waals surface area contributed by atoms with E-state index < -0.39 is 0 Å². The Kier molecular flexibility index (Phi) is 3.72. The SMILES string of the molecule is CN1CC2=C(C=C(c3ccccc3)C1=O)CCCCC2. The Hall–Kier alpha value is -1.83. The lowest BCUT2D eigenvalue weighted by molar-refractivity contribution is -0.123. The molecule has 0 bridgehead atoms. The summed E-state index contributed by atoms with van der Waals surface area (Å²) < 4.78 is 0. The summed E-state index contributed by atoms with van der Waals surface area (Å²) in [7, 11) is 1.92. The Balaban J connectivity index is 2.06. The van der Waals surface area contributed by atoms with Crippen LogP contribution in [0.4, 0.5) is 0 Å². The van der Waals surface area contributed by atoms with Gasteiger partial charge in [-0.25, -0.2) is 0 Å². The first kappa shape index (κ1) is 13.2. The molecule has 104 valence electrons. The van der Waals surface area contributed by atoms with Crippen molar-refractivity contribution in [3.05, 3.63) is 53.1 Å². The Morgan fingerprint density at radius 3 is 2.55 bits per heavy atom. The van der Waals surface area contributed by atoms with Crippen LogP contribution in [0.15, 0.2) is 47.6 Å². The number of hydrogen-bond donors (Lipinski definition) is 0. The Morgan fingerprint density at radius 1 is 1.00 bits per heavy atom. The van der Waals surface area contributed by atoms with Crippen molar-refractivity contribution in [2.75, 3.05) is 13.6 Å². The van der Waals surface area contributed by atoms with Gasteiger partial charge in [-0.1, -0.05) is 36.8 Å². The smallest absolute Gasteiger partial charge is 0.254 e. The fourth-order valence-corrected chi connectivity index (χ4v) is 3.15. The maximum atomic E-state index is 12.6. The van der Waals surface area contributed by atoms with Crippen molar-refractivity contribution in [2.45, 2.75) is 32.1 Å². The first-order chi connectivity index (χ1) is 9.75. The van der Waals surface area contributed by atoms with Crippen LogP contribution < -0.4 is 0 Å². The van der Waals surface area contributed by atoms with Gasteiger partial charge in [0.25, 0.3) is 5.91 Å². The Bertz CT molecular complexity index is 568. The minimum absolute atomic E-state index is 0.143. The van der Waals surface area contributed by atoms with Crippen LogP contribution in [0, 0.1) is 0 Å². The van der Waals surface area contributed by atoms with Crippen molar-refractivity contribution < 1.29 is 4.79 Å². The molecule has 0 unspecified atom stereocenters. The number of nitrogens with zero attached hydrogens (tertiary/aromatic N) is 1. The molecular weight excluding hydrogens is 246 g/mol. The van der Waals surface area contributed by atoms with Crippen LogP contribution in [0.2, 0.25) is 0 Å². The number of benzene rings is 1. The molecule has 1 aromatic rings. The van der Waals surface area contributed by atoms with E-state index in [0.29, 0.717) is 0 Å². The van der Waals surface area contributed by atoms with E-state index in [9.17, 15) is 4.79 Å². The predicted octanol–water partition coefficient (Wildman–Crippen LogP) is 3.80. The topological polar surface area (TPSA) is 20.3 Å². The molecule has 1 aromatic carbocycles. The van der Waals surface area contributed by atoms with E-state index in [-0.39, 0.29) is 5.91 Å². The molecule has 1 aliphatic carbocycles. The minimum Gasteiger partial charge on any atom is -0.338 e. The molecule has 2 nitrogen and oxygen atoms in total. The van der Waals surface area contributed by atoms with Gasteiger partial charge in [-0.15, -0.1) is 0 Å². The van der Waals surface area contributed by atoms with E-state index in [1.807, 2.05) is 42.3 Å². The average molecular weight is 267 g/mol. The van der Waals surface area contributed by atoms with E-state index in [1.54, 1.807) is 0 Å². The van der Waals surface area contributed by atoms with Crippen LogP contribution in [0.1, 0.15) is 37.7 Å². The first-order valence-corrected chi connectivity index (χ1v) is 7.49. The normalized spacial score (nSPS) is 20.1. The molecule has 2 heteroatoms. The van der Waals surface area contributed by atoms with Gasteiger partial charge >= 0.3 is 0 Å². The summed E-state index contributed by atoms with van der Waals surface area (Å²) in [6.45, 7) is 0.793. The van der Waals surface area contributed by atoms with Crippen molar-refractivity contribution in [1.29, 1.82) is 0 Å². The maximum Gasteiger partial charge on any atom is 0.254 e. The zero-order valence-electron chi connectivity index (χ0n) is 12.1. The molecule has 0 atom stereocenters. The number of amides is 1. The van der Waals surface area contributed by atoms with Gasteiger partial charge in [0.15, 0.2) is 0 Å². The highest BCUT2D eigenvalue weighted by atomic mass is 16.2. The van der Waals surface area contributed by atoms with Gasteiger partial charge < -0.3 is 4.90 Å². The molecule has 0 aromatic heterocycles. The lowest BCUT2D eigenvalue weighted by atomic mass is 9.99. The van der Waals surface area contributed by atoms with Crippen molar-refractivity contribution in [3.8, 4) is 0 Å². The zero-order chi connectivity index (χ0) is 13.9. The average Bonchev–Trinajstić information content (AvgIpc) is 2.75. The molecule has 1 heterocycles. The fourth-order valence-electron chi connectivity index (χ4n) is 3.15. The van der Waals surface area contributed by atoms with E-state index in [2.05, 4.69) is 6.08 Å². The van der Waals surface area contributed by atoms with Gasteiger partial charge in [0.2, 0.25) is 0 Å². The molecule has 0 saturated heterocycles. The van der Waals surface area contributed by atoms with Crippen LogP contribution in [0.3, 0.4) is 0 Å². The molecular formula is C18H21NO. The molecule has 0 radical (unpaired) electrons. The summed E-state index contributed by atoms with van der Waals surface area (Å²) in [6, 6.07) is 10.0. The van der Waals surface area contributed by atoms with E-state index in [1.165, 1.54) is 30.4 Å². The first-order valence-electron chi connectivity index (χ1n) is 7.49. The molecule has 2 aliphatic rings. The molecule has 1 aliphatic heterocycles. The zero-order valence-corrected chi connectivity index (χ0v) is 12.1. The monoisotopic (exact) mass is 267 g/mol. The molecule has 0 fully saturated rings. The van der Waals surface area contributed by atoms with Crippen LogP contribution in [0.5, 0.6) is 0 Å². The van der Waals surface area contributed by atoms with Crippen LogP contribution in [-0.2, 0) is 4.79 Å². The molecule has 20 heavy (non-hydrogen) atoms. The second-order valence-corrected chi connectivity index (χ2v) is 5.77. The number of carbonyl (C=O) groups excluding carboxylic acids is 1. The summed E-state index contributed by atoms with van der Waals surface area (Å²) in [6.07, 6.45) is 8.23. The number of likely N-dealkylation sites (N-methyl/N-ethyl adjacent to an activating group) is 1. The minimum atomic E-state index is 0.143. The number of hydrogen-bond acceptors (Lipinski definition) is 1. The Labute approximate surface area is 120 Å². The predicted molar refractivity (Wildman–Crippen MR) is 82.2 cm³/mol. The highest BCUT2D eigenvalue weighted by molar-refractivity contribution is 6.20. The summed E-state index contributed by atoms with van der Waals surface area (Å²) in [5, 5.41) is 0. The molecule has 0 N–H and O–H groups in total. The Morgan fingerprint density at radius 2 is 1.75 bits per heavy atom. The molecule has 3 rings (SSSR count). The van der Waals surface area contributed by atoms with Gasteiger partial charge in [-0.2, -0.15) is 0 Å². The van der Waals surface area contributed by atoms with Crippen LogP contribution in [0.25, 0.3) is 5.57 Å². The summed E-state index contributed by atoms with van der Waals surface area (Å²) in [5.74, 6) is 0.143. The maximum absolute atomic E-state index is 12.6. The lowest BCUT2D eigenvalue weighted by Gasteiger charge is -2.18. The quantitative estimate of drug-likeness (QED) is 0.758. The third kappa shape index (κ3) is 2.55. The summed E-state index contributed by atoms with van der Waals surface area (Å²) >= 11 is 0. The second-order valence-electron chi connectivity index (χ2n) is 5.77. The second kappa shape index (κ2) is 5.66. The summed E-state index contributed by atoms with van der Waals surface area (Å²) in [5.41, 5.74) is 4.74. The third-order valence-corrected chi connectivity index (χ3v) is 4.29. The van der Waals surface area contributed by atoms with Crippen LogP contribution in [-0.4, -0.2) is 24.4 Å². The van der Waals surface area contributed by atoms with Crippen molar-refractivity contribution in [1.82, 2.24) is 4.90 Å².